The number of β-amino-alcohol motifs (C(OH)–C–C–N with tert-alkyl or cyclic N) is 1. The highest BCUT2D eigenvalue weighted by Crippen LogP contribution is 2.37. The standard InChI is InChI=1S/C17H23F3N2O3S/c18-17(19,20)14-7-5-13(6-8-14)16-11-15(23)12-22(16)26(24,25)21-9-3-1-2-4-10-21/h5-8,15-16,23H,1-4,9-12H2/t15-,16-/m1/s1. The molecule has 0 spiro atoms. The maximum atomic E-state index is 13.1. The Balaban J connectivity index is 1.86. The number of alkyl halides is 3. The number of nitrogens with zero attached hydrogens (tertiary/aromatic N) is 2. The van der Waals surface area contributed by atoms with Gasteiger partial charge in [-0.05, 0) is 37.0 Å². The van der Waals surface area contributed by atoms with Crippen LogP contribution in [0.5, 0.6) is 0 Å². The molecule has 0 bridgehead atoms. The van der Waals surface area contributed by atoms with Crippen LogP contribution in [-0.2, 0) is 16.4 Å². The third kappa shape index (κ3) is 4.05. The molecule has 2 heterocycles. The molecular formula is C17H23F3N2O3S. The summed E-state index contributed by atoms with van der Waals surface area (Å²) < 4.78 is 67.1. The molecule has 0 aliphatic carbocycles. The van der Waals surface area contributed by atoms with Gasteiger partial charge in [-0.3, -0.25) is 0 Å². The molecule has 2 saturated heterocycles. The van der Waals surface area contributed by atoms with E-state index in [1.807, 2.05) is 0 Å². The van der Waals surface area contributed by atoms with Gasteiger partial charge in [0.25, 0.3) is 10.2 Å². The number of hydrogen-bond acceptors (Lipinski definition) is 3. The lowest BCUT2D eigenvalue weighted by molar-refractivity contribution is -0.137. The van der Waals surface area contributed by atoms with Crippen LogP contribution in [-0.4, -0.2) is 47.9 Å². The minimum Gasteiger partial charge on any atom is -0.392 e. The number of aliphatic hydroxyl groups is 1. The molecule has 26 heavy (non-hydrogen) atoms. The molecule has 0 saturated carbocycles. The first kappa shape index (κ1) is 19.6. The second-order valence-corrected chi connectivity index (χ2v) is 8.80. The SMILES string of the molecule is O=S(=O)(N1CCCCCC1)N1C[C@H](O)C[C@@H]1c1ccc(C(F)(F)F)cc1. The maximum Gasteiger partial charge on any atom is 0.416 e. The van der Waals surface area contributed by atoms with Gasteiger partial charge in [-0.15, -0.1) is 0 Å². The van der Waals surface area contributed by atoms with Gasteiger partial charge >= 0.3 is 6.18 Å². The van der Waals surface area contributed by atoms with Crippen molar-refractivity contribution in [3.63, 3.8) is 0 Å². The van der Waals surface area contributed by atoms with E-state index < -0.39 is 34.1 Å². The summed E-state index contributed by atoms with van der Waals surface area (Å²) in [7, 11) is -3.77. The zero-order valence-electron chi connectivity index (χ0n) is 14.3. The second-order valence-electron chi connectivity index (χ2n) is 6.92. The fraction of sp³-hybridized carbons (Fsp3) is 0.647. The molecule has 1 aromatic rings. The Kier molecular flexibility index (Phi) is 5.62. The first-order chi connectivity index (χ1) is 12.2. The van der Waals surface area contributed by atoms with Crippen LogP contribution in [0.3, 0.4) is 0 Å². The van der Waals surface area contributed by atoms with Gasteiger partial charge in [0.2, 0.25) is 0 Å². The van der Waals surface area contributed by atoms with Crippen molar-refractivity contribution in [1.82, 2.24) is 8.61 Å². The van der Waals surface area contributed by atoms with Gasteiger partial charge in [0, 0.05) is 19.6 Å². The van der Waals surface area contributed by atoms with Crippen molar-refractivity contribution in [1.29, 1.82) is 0 Å². The third-order valence-electron chi connectivity index (χ3n) is 5.04. The Bertz CT molecular complexity index is 714. The van der Waals surface area contributed by atoms with E-state index in [1.54, 1.807) is 0 Å². The normalized spacial score (nSPS) is 26.8. The fourth-order valence-electron chi connectivity index (χ4n) is 3.66. The van der Waals surface area contributed by atoms with E-state index in [4.69, 9.17) is 0 Å². The molecule has 2 aliphatic rings. The van der Waals surface area contributed by atoms with Crippen molar-refractivity contribution in [2.75, 3.05) is 19.6 Å². The molecule has 3 rings (SSSR count). The summed E-state index contributed by atoms with van der Waals surface area (Å²) in [4.78, 5) is 0. The van der Waals surface area contributed by atoms with Crippen molar-refractivity contribution >= 4 is 10.2 Å². The molecule has 1 N–H and O–H groups in total. The highest BCUT2D eigenvalue weighted by atomic mass is 32.2. The quantitative estimate of drug-likeness (QED) is 0.861. The van der Waals surface area contributed by atoms with Crippen LogP contribution in [0.4, 0.5) is 13.2 Å². The third-order valence-corrected chi connectivity index (χ3v) is 7.06. The summed E-state index contributed by atoms with van der Waals surface area (Å²) in [6.45, 7) is 0.841. The molecule has 0 radical (unpaired) electrons. The molecule has 5 nitrogen and oxygen atoms in total. The maximum absolute atomic E-state index is 13.1. The highest BCUT2D eigenvalue weighted by Gasteiger charge is 2.42. The van der Waals surface area contributed by atoms with Crippen LogP contribution in [0.25, 0.3) is 0 Å². The van der Waals surface area contributed by atoms with Crippen molar-refractivity contribution in [2.24, 2.45) is 0 Å². The lowest BCUT2D eigenvalue weighted by Gasteiger charge is -2.30. The molecular weight excluding hydrogens is 369 g/mol. The minimum absolute atomic E-state index is 0.0372. The van der Waals surface area contributed by atoms with Crippen LogP contribution in [0, 0.1) is 0 Å². The number of halogens is 3. The van der Waals surface area contributed by atoms with Crippen molar-refractivity contribution in [3.05, 3.63) is 35.4 Å². The van der Waals surface area contributed by atoms with Crippen LogP contribution < -0.4 is 0 Å². The Morgan fingerprint density at radius 2 is 1.58 bits per heavy atom. The predicted octanol–water partition coefficient (Wildman–Crippen LogP) is 2.93. The summed E-state index contributed by atoms with van der Waals surface area (Å²) in [5.41, 5.74) is -0.310. The van der Waals surface area contributed by atoms with E-state index in [2.05, 4.69) is 0 Å². The van der Waals surface area contributed by atoms with Gasteiger partial charge in [0.1, 0.15) is 0 Å². The van der Waals surface area contributed by atoms with E-state index >= 15 is 0 Å². The minimum atomic E-state index is -4.44. The topological polar surface area (TPSA) is 60.9 Å². The molecule has 2 atom stereocenters. The number of benzene rings is 1. The zero-order chi connectivity index (χ0) is 18.9. The summed E-state index contributed by atoms with van der Waals surface area (Å²) in [6, 6.07) is 3.86. The number of hydrogen-bond donors (Lipinski definition) is 1. The van der Waals surface area contributed by atoms with E-state index in [-0.39, 0.29) is 13.0 Å². The first-order valence-corrected chi connectivity index (χ1v) is 10.2. The van der Waals surface area contributed by atoms with Gasteiger partial charge in [-0.1, -0.05) is 25.0 Å². The average molecular weight is 392 g/mol. The first-order valence-electron chi connectivity index (χ1n) is 8.82. The van der Waals surface area contributed by atoms with Gasteiger partial charge in [0.15, 0.2) is 0 Å². The summed E-state index contributed by atoms with van der Waals surface area (Å²) >= 11 is 0. The molecule has 2 fully saturated rings. The Labute approximate surface area is 151 Å². The molecule has 9 heteroatoms. The van der Waals surface area contributed by atoms with Gasteiger partial charge in [-0.2, -0.15) is 30.2 Å². The van der Waals surface area contributed by atoms with Gasteiger partial charge < -0.3 is 5.11 Å². The Hall–Kier alpha value is -1.16. The lowest BCUT2D eigenvalue weighted by atomic mass is 10.0. The summed E-state index contributed by atoms with van der Waals surface area (Å²) in [5.74, 6) is 0. The molecule has 2 aliphatic heterocycles. The Morgan fingerprint density at radius 3 is 2.12 bits per heavy atom. The number of aliphatic hydroxyl groups excluding tert-OH is 1. The monoisotopic (exact) mass is 392 g/mol. The van der Waals surface area contributed by atoms with E-state index in [9.17, 15) is 26.7 Å². The van der Waals surface area contributed by atoms with E-state index in [0.29, 0.717) is 18.7 Å². The van der Waals surface area contributed by atoms with Crippen molar-refractivity contribution in [2.45, 2.75) is 50.4 Å². The molecule has 146 valence electrons. The Morgan fingerprint density at radius 1 is 1.00 bits per heavy atom. The fourth-order valence-corrected chi connectivity index (χ4v) is 5.56. The predicted molar refractivity (Wildman–Crippen MR) is 90.5 cm³/mol. The van der Waals surface area contributed by atoms with E-state index in [1.165, 1.54) is 20.7 Å². The zero-order valence-corrected chi connectivity index (χ0v) is 15.1. The van der Waals surface area contributed by atoms with Crippen LogP contribution in [0.2, 0.25) is 0 Å². The highest BCUT2D eigenvalue weighted by molar-refractivity contribution is 7.86. The summed E-state index contributed by atoms with van der Waals surface area (Å²) in [5, 5.41) is 10.0. The molecule has 0 unspecified atom stereocenters. The second kappa shape index (κ2) is 7.46. The van der Waals surface area contributed by atoms with Crippen molar-refractivity contribution in [3.8, 4) is 0 Å². The lowest BCUT2D eigenvalue weighted by Crippen LogP contribution is -2.44. The van der Waals surface area contributed by atoms with E-state index in [0.717, 1.165) is 37.8 Å². The van der Waals surface area contributed by atoms with Crippen LogP contribution in [0.1, 0.15) is 49.3 Å². The molecule has 1 aromatic carbocycles. The summed E-state index contributed by atoms with van der Waals surface area (Å²) in [6.07, 6.45) is -1.54. The van der Waals surface area contributed by atoms with Crippen LogP contribution >= 0.6 is 0 Å². The number of rotatable bonds is 3. The van der Waals surface area contributed by atoms with Gasteiger partial charge in [-0.25, -0.2) is 0 Å². The van der Waals surface area contributed by atoms with Crippen molar-refractivity contribution < 1.29 is 26.7 Å². The average Bonchev–Trinajstić information content (AvgIpc) is 2.80. The van der Waals surface area contributed by atoms with Crippen LogP contribution in [0.15, 0.2) is 24.3 Å². The van der Waals surface area contributed by atoms with Gasteiger partial charge in [0.05, 0.1) is 17.7 Å². The smallest absolute Gasteiger partial charge is 0.392 e. The molecule has 0 aromatic heterocycles. The molecule has 0 amide bonds. The largest absolute Gasteiger partial charge is 0.416 e.